The topological polar surface area (TPSA) is 104 Å². The monoisotopic (exact) mass is 538 g/mol. The second-order valence-corrected chi connectivity index (χ2v) is 11.3. The van der Waals surface area contributed by atoms with E-state index in [9.17, 15) is 9.90 Å². The Balaban J connectivity index is 1.23. The number of anilines is 3. The first-order valence-electron chi connectivity index (χ1n) is 14.0. The van der Waals surface area contributed by atoms with Crippen LogP contribution in [0.25, 0.3) is 16.9 Å². The van der Waals surface area contributed by atoms with E-state index >= 15 is 0 Å². The van der Waals surface area contributed by atoms with E-state index in [4.69, 9.17) is 9.97 Å². The van der Waals surface area contributed by atoms with E-state index in [0.29, 0.717) is 53.4 Å². The Labute approximate surface area is 232 Å². The lowest BCUT2D eigenvalue weighted by Gasteiger charge is -2.33. The largest absolute Gasteiger partial charge is 0.384 e. The number of likely N-dealkylation sites (tertiary alicyclic amines) is 1. The molecule has 3 aliphatic rings. The number of pyridine rings is 1. The van der Waals surface area contributed by atoms with Crippen LogP contribution in [-0.2, 0) is 18.6 Å². The van der Waals surface area contributed by atoms with Crippen LogP contribution in [0.5, 0.6) is 0 Å². The molecule has 10 nitrogen and oxygen atoms in total. The van der Waals surface area contributed by atoms with Gasteiger partial charge in [0.1, 0.15) is 11.0 Å². The number of rotatable bonds is 7. The molecule has 3 aromatic heterocycles. The van der Waals surface area contributed by atoms with Crippen molar-refractivity contribution in [3.63, 3.8) is 0 Å². The van der Waals surface area contributed by atoms with Gasteiger partial charge >= 0.3 is 0 Å². The summed E-state index contributed by atoms with van der Waals surface area (Å²) in [7, 11) is 2.21. The van der Waals surface area contributed by atoms with E-state index in [2.05, 4.69) is 45.9 Å². The fraction of sp³-hybridized carbons (Fsp3) is 0.400. The Morgan fingerprint density at radius 2 is 1.98 bits per heavy atom. The number of likely N-dealkylation sites (N-methyl/N-ethyl adjacent to an activating group) is 1. The van der Waals surface area contributed by atoms with Crippen LogP contribution >= 0.6 is 0 Å². The number of nitrogens with one attached hydrogen (secondary N) is 1. The summed E-state index contributed by atoms with van der Waals surface area (Å²) in [6, 6.07) is 13.5. The fourth-order valence-electron chi connectivity index (χ4n) is 6.66. The molecule has 4 aromatic rings. The summed E-state index contributed by atoms with van der Waals surface area (Å²) in [5.41, 5.74) is 3.08. The van der Waals surface area contributed by atoms with Crippen molar-refractivity contribution in [2.24, 2.45) is 0 Å². The van der Waals surface area contributed by atoms with Crippen molar-refractivity contribution in [3.05, 3.63) is 76.9 Å². The second-order valence-electron chi connectivity index (χ2n) is 11.3. The minimum atomic E-state index is -0.962. The first kappa shape index (κ1) is 25.0. The van der Waals surface area contributed by atoms with Gasteiger partial charge in [-0.2, -0.15) is 4.98 Å². The lowest BCUT2D eigenvalue weighted by molar-refractivity contribution is 0.0306. The molecule has 2 fully saturated rings. The molecule has 1 aliphatic carbocycles. The van der Waals surface area contributed by atoms with Crippen molar-refractivity contribution in [2.45, 2.75) is 56.8 Å². The number of piperazine rings is 1. The van der Waals surface area contributed by atoms with Crippen molar-refractivity contribution in [1.82, 2.24) is 29.2 Å². The van der Waals surface area contributed by atoms with Crippen LogP contribution in [0.15, 0.2) is 60.0 Å². The molecule has 2 saturated heterocycles. The number of nitrogens with zero attached hydrogens (tertiary/aromatic N) is 7. The molecule has 0 unspecified atom stereocenters. The summed E-state index contributed by atoms with van der Waals surface area (Å²) in [6.07, 6.45) is 6.47. The van der Waals surface area contributed by atoms with Crippen molar-refractivity contribution < 1.29 is 5.11 Å². The smallest absolute Gasteiger partial charge is 0.278 e. The highest BCUT2D eigenvalue weighted by Crippen LogP contribution is 2.38. The molecule has 0 saturated carbocycles. The third kappa shape index (κ3) is 3.85. The maximum absolute atomic E-state index is 13.3. The van der Waals surface area contributed by atoms with Crippen molar-refractivity contribution in [1.29, 1.82) is 0 Å². The SMILES string of the molecule is C=CCn1c(=O)c2cnc(Nc3ccc(N4C[C@@H]5C[C@H]4CN5C)cc3)nc2n1-c1ccc2c(n1)[C@@](O)(CC)CC2. The molecule has 0 spiro atoms. The molecular weight excluding hydrogens is 504 g/mol. The number of allylic oxidation sites excluding steroid dienone is 1. The summed E-state index contributed by atoms with van der Waals surface area (Å²) >= 11 is 0. The quantitative estimate of drug-likeness (QED) is 0.346. The first-order valence-corrected chi connectivity index (χ1v) is 14.0. The fourth-order valence-corrected chi connectivity index (χ4v) is 6.66. The van der Waals surface area contributed by atoms with E-state index in [1.807, 2.05) is 31.2 Å². The summed E-state index contributed by atoms with van der Waals surface area (Å²) < 4.78 is 3.27. The van der Waals surface area contributed by atoms with Crippen LogP contribution in [0.1, 0.15) is 37.4 Å². The van der Waals surface area contributed by atoms with Crippen molar-refractivity contribution >= 4 is 28.4 Å². The van der Waals surface area contributed by atoms with Gasteiger partial charge < -0.3 is 15.3 Å². The Bertz CT molecular complexity index is 1670. The predicted molar refractivity (Wildman–Crippen MR) is 156 cm³/mol. The number of aryl methyl sites for hydroxylation is 1. The maximum atomic E-state index is 13.3. The van der Waals surface area contributed by atoms with E-state index < -0.39 is 5.60 Å². The third-order valence-electron chi connectivity index (χ3n) is 8.96. The number of aromatic nitrogens is 5. The van der Waals surface area contributed by atoms with Gasteiger partial charge in [0.25, 0.3) is 5.56 Å². The highest BCUT2D eigenvalue weighted by molar-refractivity contribution is 5.77. The molecule has 0 radical (unpaired) electrons. The molecule has 3 atom stereocenters. The van der Waals surface area contributed by atoms with Gasteiger partial charge in [-0.25, -0.2) is 19.3 Å². The zero-order valence-corrected chi connectivity index (χ0v) is 22.9. The van der Waals surface area contributed by atoms with Crippen LogP contribution in [0.3, 0.4) is 0 Å². The molecular formula is C30H34N8O2. The standard InChI is InChI=1S/C30H34N8O2/c1-4-14-37-28(39)24-16-31-29(32-20-7-9-21(10-8-20)36-18-22-15-23(36)17-35(22)3)34-27(24)38(37)25-11-6-19-12-13-30(40,5-2)26(19)33-25/h4,6-11,16,22-23,40H,1,5,12-15,17-18H2,2-3H3,(H,31,32,34)/t22-,23-,30+/m0/s1. The predicted octanol–water partition coefficient (Wildman–Crippen LogP) is 3.34. The van der Waals surface area contributed by atoms with Crippen LogP contribution in [0.2, 0.25) is 0 Å². The first-order chi connectivity index (χ1) is 19.4. The van der Waals surface area contributed by atoms with E-state index in [0.717, 1.165) is 30.8 Å². The zero-order chi connectivity index (χ0) is 27.6. The Morgan fingerprint density at radius 1 is 1.15 bits per heavy atom. The normalized spacial score (nSPS) is 23.7. The van der Waals surface area contributed by atoms with Crippen LogP contribution in [0.4, 0.5) is 17.3 Å². The lowest BCUT2D eigenvalue weighted by atomic mass is 9.98. The van der Waals surface area contributed by atoms with E-state index in [1.165, 1.54) is 12.1 Å². The minimum absolute atomic E-state index is 0.218. The number of hydrogen-bond acceptors (Lipinski definition) is 8. The molecule has 1 aromatic carbocycles. The average molecular weight is 539 g/mol. The highest BCUT2D eigenvalue weighted by Gasteiger charge is 2.41. The number of fused-ring (bicyclic) bond motifs is 4. The number of aliphatic hydroxyl groups is 1. The third-order valence-corrected chi connectivity index (χ3v) is 8.96. The maximum Gasteiger partial charge on any atom is 0.278 e. The Morgan fingerprint density at radius 3 is 2.67 bits per heavy atom. The van der Waals surface area contributed by atoms with Gasteiger partial charge in [-0.3, -0.25) is 9.69 Å². The summed E-state index contributed by atoms with van der Waals surface area (Å²) in [4.78, 5) is 32.4. The molecule has 5 heterocycles. The summed E-state index contributed by atoms with van der Waals surface area (Å²) in [5, 5.41) is 14.9. The Hall–Kier alpha value is -4.02. The van der Waals surface area contributed by atoms with Gasteiger partial charge in [0.15, 0.2) is 11.5 Å². The van der Waals surface area contributed by atoms with Crippen LogP contribution in [-0.4, -0.2) is 66.5 Å². The molecule has 0 amide bonds. The summed E-state index contributed by atoms with van der Waals surface area (Å²) in [5.74, 6) is 0.916. The Kier molecular flexibility index (Phi) is 5.79. The average Bonchev–Trinajstić information content (AvgIpc) is 3.71. The van der Waals surface area contributed by atoms with E-state index in [1.54, 1.807) is 21.6 Å². The lowest BCUT2D eigenvalue weighted by Crippen LogP contribution is -2.44. The zero-order valence-electron chi connectivity index (χ0n) is 22.9. The molecule has 2 aliphatic heterocycles. The van der Waals surface area contributed by atoms with Gasteiger partial charge in [0.05, 0.1) is 12.2 Å². The minimum Gasteiger partial charge on any atom is -0.384 e. The van der Waals surface area contributed by atoms with Gasteiger partial charge in [0, 0.05) is 42.7 Å². The van der Waals surface area contributed by atoms with Crippen LogP contribution in [0, 0.1) is 0 Å². The number of hydrogen-bond donors (Lipinski definition) is 2. The highest BCUT2D eigenvalue weighted by atomic mass is 16.3. The van der Waals surface area contributed by atoms with Crippen LogP contribution < -0.4 is 15.8 Å². The second kappa shape index (κ2) is 9.28. The molecule has 2 N–H and O–H groups in total. The molecule has 40 heavy (non-hydrogen) atoms. The van der Waals surface area contributed by atoms with Gasteiger partial charge in [-0.1, -0.05) is 19.1 Å². The molecule has 206 valence electrons. The molecule has 10 heteroatoms. The van der Waals surface area contributed by atoms with Crippen molar-refractivity contribution in [2.75, 3.05) is 30.4 Å². The molecule has 2 bridgehead atoms. The van der Waals surface area contributed by atoms with Gasteiger partial charge in [-0.15, -0.1) is 6.58 Å². The van der Waals surface area contributed by atoms with Gasteiger partial charge in [0.2, 0.25) is 5.95 Å². The van der Waals surface area contributed by atoms with E-state index in [-0.39, 0.29) is 12.1 Å². The number of benzene rings is 1. The molecule has 7 rings (SSSR count). The summed E-state index contributed by atoms with van der Waals surface area (Å²) in [6.45, 7) is 8.26. The van der Waals surface area contributed by atoms with Crippen molar-refractivity contribution in [3.8, 4) is 5.82 Å². The van der Waals surface area contributed by atoms with Gasteiger partial charge in [-0.05, 0) is 68.6 Å².